The molecule has 8 aromatic carbocycles. The molecule has 0 aliphatic heterocycles. The number of aromatic nitrogens is 5. The number of nitrogens with zero attached hydrogens (tertiary/aromatic N) is 5. The van der Waals surface area contributed by atoms with Gasteiger partial charge in [0.25, 0.3) is 0 Å². The van der Waals surface area contributed by atoms with Crippen LogP contribution in [0.2, 0.25) is 0 Å². The average molecular weight is 801 g/mol. The molecule has 0 spiro atoms. The third-order valence-corrected chi connectivity index (χ3v) is 14.4. The largest absolute Gasteiger partial charge is 0.278 e. The van der Waals surface area contributed by atoms with E-state index in [1.54, 1.807) is 49.4 Å². The van der Waals surface area contributed by atoms with Crippen LogP contribution in [0.4, 0.5) is 0 Å². The molecule has 0 saturated carbocycles. The Bertz CT molecular complexity index is 4510. The van der Waals surface area contributed by atoms with E-state index in [1.807, 2.05) is 0 Å². The van der Waals surface area contributed by atoms with Crippen LogP contribution in [0.1, 0.15) is 48.1 Å². The van der Waals surface area contributed by atoms with Crippen LogP contribution < -0.4 is 20.7 Å². The summed E-state index contributed by atoms with van der Waals surface area (Å²) in [7, 11) is -5.04. The molecule has 280 valence electrons. The maximum absolute atomic E-state index is 10.6. The van der Waals surface area contributed by atoms with E-state index in [0.717, 1.165) is 9.13 Å². The van der Waals surface area contributed by atoms with Crippen molar-refractivity contribution < 1.29 is 37.0 Å². The van der Waals surface area contributed by atoms with Crippen LogP contribution >= 0.6 is 0 Å². The van der Waals surface area contributed by atoms with Crippen LogP contribution in [-0.2, 0) is 0 Å². The van der Waals surface area contributed by atoms with E-state index < -0.39 is 243 Å². The molecule has 3 heterocycles. The van der Waals surface area contributed by atoms with Gasteiger partial charge in [-0.1, -0.05) is 187 Å². The fourth-order valence-electron chi connectivity index (χ4n) is 7.41. The molecule has 6 heteroatoms. The molecular formula is C53H39N5Si. The van der Waals surface area contributed by atoms with E-state index in [2.05, 4.69) is 4.98 Å². The van der Waals surface area contributed by atoms with Crippen LogP contribution in [0.3, 0.4) is 0 Å². The van der Waals surface area contributed by atoms with Crippen molar-refractivity contribution in [3.05, 3.63) is 211 Å². The second-order valence-corrected chi connectivity index (χ2v) is 17.0. The zero-order valence-electron chi connectivity index (χ0n) is 57.4. The Hall–Kier alpha value is -7.41. The van der Waals surface area contributed by atoms with E-state index in [0.29, 0.717) is 5.56 Å². The van der Waals surface area contributed by atoms with Gasteiger partial charge >= 0.3 is 0 Å². The van der Waals surface area contributed by atoms with Crippen LogP contribution in [0.25, 0.3) is 66.9 Å². The van der Waals surface area contributed by atoms with Gasteiger partial charge in [-0.15, -0.1) is 0 Å². The maximum Gasteiger partial charge on any atom is 0.240 e. The molecule has 0 fully saturated rings. The molecule has 0 aliphatic carbocycles. The molecule has 0 radical (unpaired) electrons. The lowest BCUT2D eigenvalue weighted by molar-refractivity contribution is 0.893. The van der Waals surface area contributed by atoms with E-state index in [9.17, 15) is 16.4 Å². The quantitative estimate of drug-likeness (QED) is 0.119. The molecule has 0 bridgehead atoms. The van der Waals surface area contributed by atoms with Crippen molar-refractivity contribution in [1.29, 1.82) is 0 Å². The van der Waals surface area contributed by atoms with E-state index >= 15 is 0 Å². The molecule has 0 amide bonds. The van der Waals surface area contributed by atoms with Gasteiger partial charge in [-0.3, -0.25) is 9.13 Å². The third kappa shape index (κ3) is 5.56. The normalized spacial score (nSPS) is 19.4. The van der Waals surface area contributed by atoms with Gasteiger partial charge in [0.2, 0.25) is 11.9 Å². The Labute approximate surface area is 381 Å². The maximum atomic E-state index is 10.6. The van der Waals surface area contributed by atoms with Gasteiger partial charge in [0.1, 0.15) is 0 Å². The second-order valence-electron chi connectivity index (χ2n) is 13.3. The van der Waals surface area contributed by atoms with Gasteiger partial charge in [-0.25, -0.2) is 0 Å². The molecule has 1 atom stereocenters. The van der Waals surface area contributed by atoms with Crippen molar-refractivity contribution in [3.8, 4) is 23.3 Å². The summed E-state index contributed by atoms with van der Waals surface area (Å²) in [5, 5.41) is -2.65. The van der Waals surface area contributed by atoms with Crippen molar-refractivity contribution in [3.63, 3.8) is 0 Å². The topological polar surface area (TPSA) is 48.5 Å². The van der Waals surface area contributed by atoms with Crippen molar-refractivity contribution in [2.75, 3.05) is 0 Å². The zero-order chi connectivity index (χ0) is 62.9. The fraction of sp³-hybridized carbons (Fsp3) is 0.0377. The molecule has 0 N–H and O–H groups in total. The van der Waals surface area contributed by atoms with Crippen LogP contribution in [0.15, 0.2) is 200 Å². The van der Waals surface area contributed by atoms with Crippen molar-refractivity contribution in [2.24, 2.45) is 0 Å². The number of hydrogen-bond acceptors (Lipinski definition) is 3. The van der Waals surface area contributed by atoms with E-state index in [4.69, 9.17) is 30.5 Å². The zero-order valence-corrected chi connectivity index (χ0v) is 31.4. The first kappa shape index (κ1) is 16.8. The monoisotopic (exact) mass is 800 g/mol. The highest BCUT2D eigenvalue weighted by atomic mass is 28.3. The lowest BCUT2D eigenvalue weighted by atomic mass is 10.2. The summed E-state index contributed by atoms with van der Waals surface area (Å²) < 4.78 is 248. The van der Waals surface area contributed by atoms with Crippen molar-refractivity contribution >= 4 is 72.4 Å². The third-order valence-electron chi connectivity index (χ3n) is 9.99. The Kier molecular flexibility index (Phi) is 3.96. The first-order valence-corrected chi connectivity index (χ1v) is 19.9. The van der Waals surface area contributed by atoms with E-state index in [-0.39, 0.29) is 10.4 Å². The fourth-order valence-corrected chi connectivity index (χ4v) is 11.6. The highest BCUT2D eigenvalue weighted by molar-refractivity contribution is 7.19. The van der Waals surface area contributed by atoms with Gasteiger partial charge in [0, 0.05) is 31.2 Å². The Balaban J connectivity index is 1.43. The molecule has 3 aromatic heterocycles. The molecule has 1 unspecified atom stereocenters. The number of aryl methyl sites for hydroxylation is 1. The van der Waals surface area contributed by atoms with Gasteiger partial charge in [0.15, 0.2) is 13.9 Å². The molecule has 5 nitrogen and oxygen atoms in total. The Morgan fingerprint density at radius 2 is 0.932 bits per heavy atom. The number of para-hydroxylation sites is 4. The molecule has 0 saturated heterocycles. The summed E-state index contributed by atoms with van der Waals surface area (Å²) in [6.07, 6.45) is 0. The summed E-state index contributed by atoms with van der Waals surface area (Å²) in [4.78, 5) is 14.1. The predicted octanol–water partition coefficient (Wildman–Crippen LogP) is 9.73. The molecule has 11 rings (SSSR count). The lowest BCUT2D eigenvalue weighted by Gasteiger charge is -2.34. The number of benzene rings is 8. The Morgan fingerprint density at radius 1 is 0.441 bits per heavy atom. The molecule has 0 aliphatic rings. The number of hydrogen-bond donors (Lipinski definition) is 0. The smallest absolute Gasteiger partial charge is 0.240 e. The second kappa shape index (κ2) is 13.9. The van der Waals surface area contributed by atoms with Gasteiger partial charge < -0.3 is 0 Å². The first-order valence-electron chi connectivity index (χ1n) is 31.4. The van der Waals surface area contributed by atoms with Gasteiger partial charge in [-0.05, 0) is 58.7 Å². The van der Waals surface area contributed by atoms with Gasteiger partial charge in [-0.2, -0.15) is 15.0 Å². The van der Waals surface area contributed by atoms with Crippen molar-refractivity contribution in [1.82, 2.24) is 24.1 Å². The van der Waals surface area contributed by atoms with Crippen LogP contribution in [0.5, 0.6) is 0 Å². The average Bonchev–Trinajstić information content (AvgIpc) is 1.54. The molecular weight excluding hydrogens is 735 g/mol. The van der Waals surface area contributed by atoms with Crippen LogP contribution in [-0.4, -0.2) is 32.2 Å². The lowest BCUT2D eigenvalue weighted by Crippen LogP contribution is -2.74. The summed E-state index contributed by atoms with van der Waals surface area (Å²) >= 11 is 0. The minimum absolute atomic E-state index is 0.149. The summed E-state index contributed by atoms with van der Waals surface area (Å²) in [6.45, 7) is -1.48. The van der Waals surface area contributed by atoms with Crippen molar-refractivity contribution in [2.45, 2.75) is 13.8 Å². The SMILES string of the molecule is [2H]c1c([2H])c(-c2nc(-n3c4c([2H])c([2H])c([2H])c([2H])c4c4c([2H])c([2H])c([2H])c([2H])c43)nc(-n3c4c([2H])c([2H])c([2H])c([2H])c4c4c([2H])c([2H])c([2H])c([2H])c43)n2)c([2H])c([Si](c2ccccc2)(c2ccc(C)cc2)c2c([2H])c([2H])c(C([2H])([2H])[2H])c([2H])c2[2H])c1[2H]. The van der Waals surface area contributed by atoms with E-state index in [1.165, 1.54) is 12.1 Å². The molecule has 11 aromatic rings. The molecule has 59 heavy (non-hydrogen) atoms. The number of rotatable bonds is 7. The summed E-state index contributed by atoms with van der Waals surface area (Å²) in [5.41, 5.74) is -3.46. The minimum atomic E-state index is -5.04. The van der Waals surface area contributed by atoms with Crippen LogP contribution in [0, 0.1) is 13.8 Å². The highest BCUT2D eigenvalue weighted by Crippen LogP contribution is 2.34. The Morgan fingerprint density at radius 3 is 1.44 bits per heavy atom. The predicted molar refractivity (Wildman–Crippen MR) is 247 cm³/mol. The minimum Gasteiger partial charge on any atom is -0.278 e. The summed E-state index contributed by atoms with van der Waals surface area (Å²) in [6, 6.07) is -6.99. The number of fused-ring (bicyclic) bond motifs is 6. The highest BCUT2D eigenvalue weighted by Gasteiger charge is 2.41. The first-order chi connectivity index (χ1) is 40.3. The standard InChI is InChI=1S/C53H39N5Si/c1-36-27-31-40(32-28-36)59(39-16-4-3-5-17-39,41-33-29-37(2)30-34-41)42-18-14-15-38(35-42)51-54-52(57-47-23-10-6-19-43(47)44-20-7-11-24-48(44)57)56-53(55-51)58-49-25-12-8-21-45(49)46-22-9-13-26-50(46)58/h3-35H,1-2H3/i1D3,6D,7D,8D,9D,10D,11D,12D,13D,14D,15D,18D,19D,20D,21D,22D,23D,24D,25D,26D,27D,28D,31D,32D,35D. The summed E-state index contributed by atoms with van der Waals surface area (Å²) in [5.74, 6) is -2.67. The van der Waals surface area contributed by atoms with Gasteiger partial charge in [0.05, 0.1) is 55.0 Å².